The van der Waals surface area contributed by atoms with Crippen LogP contribution >= 0.6 is 0 Å². The van der Waals surface area contributed by atoms with Gasteiger partial charge in [-0.05, 0) is 85.3 Å². The molecule has 4 aromatic rings. The number of hydrogen-bond donors (Lipinski definition) is 14. The predicted molar refractivity (Wildman–Crippen MR) is 337 cm³/mol. The summed E-state index contributed by atoms with van der Waals surface area (Å²) >= 11 is 0. The number of aliphatic imine (C=N–C) groups is 2. The Morgan fingerprint density at radius 3 is 1.41 bits per heavy atom. The number of hydrogen-bond acceptors (Lipinski definition) is 13. The van der Waals surface area contributed by atoms with Gasteiger partial charge in [-0.1, -0.05) is 117 Å². The number of nitrogens with one attached hydrogen (secondary N) is 8. The zero-order valence-corrected chi connectivity index (χ0v) is 51.0. The van der Waals surface area contributed by atoms with E-state index in [9.17, 15) is 53.1 Å². The first-order valence-electron chi connectivity index (χ1n) is 29.9. The van der Waals surface area contributed by atoms with Gasteiger partial charge in [-0.2, -0.15) is 0 Å². The van der Waals surface area contributed by atoms with Crippen LogP contribution in [0.2, 0.25) is 0 Å². The highest BCUT2D eigenvalue weighted by atomic mass is 16.3. The van der Waals surface area contributed by atoms with E-state index < -0.39 is 114 Å². The molecule has 27 heteroatoms. The molecule has 1 aliphatic heterocycles. The fourth-order valence-electron chi connectivity index (χ4n) is 10.1. The first-order valence-corrected chi connectivity index (χ1v) is 29.9. The van der Waals surface area contributed by atoms with Crippen molar-refractivity contribution in [1.29, 1.82) is 0 Å². The number of aromatic hydroxyl groups is 1. The van der Waals surface area contributed by atoms with Crippen LogP contribution in [0.25, 0.3) is 0 Å². The van der Waals surface area contributed by atoms with E-state index in [1.54, 1.807) is 103 Å². The molecule has 0 aliphatic carbocycles. The van der Waals surface area contributed by atoms with Crippen LogP contribution in [-0.2, 0) is 73.8 Å². The minimum absolute atomic E-state index is 0.00257. The van der Waals surface area contributed by atoms with Gasteiger partial charge in [-0.15, -0.1) is 0 Å². The Morgan fingerprint density at radius 2 is 0.933 bits per heavy atom. The first kappa shape index (κ1) is 70.7. The molecule has 4 aromatic carbocycles. The lowest BCUT2D eigenvalue weighted by molar-refractivity contribution is -0.142. The van der Waals surface area contributed by atoms with Crippen molar-refractivity contribution in [3.05, 3.63) is 138 Å². The normalized spacial score (nSPS) is 14.9. The number of phenols is 1. The van der Waals surface area contributed by atoms with E-state index in [2.05, 4.69) is 52.5 Å². The van der Waals surface area contributed by atoms with E-state index in [0.29, 0.717) is 23.1 Å². The fourth-order valence-corrected chi connectivity index (χ4v) is 10.1. The smallest absolute Gasteiger partial charge is 0.245 e. The number of nitrogens with two attached hydrogens (primary N) is 5. The van der Waals surface area contributed by atoms with Gasteiger partial charge in [0.2, 0.25) is 59.1 Å². The molecule has 0 unspecified atom stereocenters. The summed E-state index contributed by atoms with van der Waals surface area (Å²) in [6, 6.07) is 22.1. The van der Waals surface area contributed by atoms with E-state index in [1.807, 2.05) is 13.8 Å². The number of primary amides is 1. The number of carbonyl (C=O) groups is 10. The number of nitrogens with zero attached hydrogens (tertiary/aromatic N) is 3. The molecule has 0 radical (unpaired) electrons. The molecule has 484 valence electrons. The lowest BCUT2D eigenvalue weighted by atomic mass is 9.99. The summed E-state index contributed by atoms with van der Waals surface area (Å²) in [7, 11) is 0. The molecule has 90 heavy (non-hydrogen) atoms. The third-order valence-corrected chi connectivity index (χ3v) is 14.6. The Morgan fingerprint density at radius 1 is 0.511 bits per heavy atom. The monoisotopic (exact) mass is 1240 g/mol. The number of rotatable bonds is 35. The average molecular weight is 1240 g/mol. The van der Waals surface area contributed by atoms with Gasteiger partial charge in [0, 0.05) is 52.4 Å². The zero-order chi connectivity index (χ0) is 65.7. The van der Waals surface area contributed by atoms with Gasteiger partial charge in [0.25, 0.3) is 0 Å². The molecule has 1 heterocycles. The third-order valence-electron chi connectivity index (χ3n) is 14.6. The van der Waals surface area contributed by atoms with Crippen molar-refractivity contribution in [2.75, 3.05) is 19.6 Å². The summed E-state index contributed by atoms with van der Waals surface area (Å²) < 4.78 is 0. The van der Waals surface area contributed by atoms with Crippen LogP contribution in [0, 0.1) is 5.92 Å². The first-order chi connectivity index (χ1) is 42.9. The van der Waals surface area contributed by atoms with Crippen LogP contribution in [0.1, 0.15) is 94.4 Å². The predicted octanol–water partition coefficient (Wildman–Crippen LogP) is -0.830. The molecule has 8 atom stereocenters. The van der Waals surface area contributed by atoms with Gasteiger partial charge >= 0.3 is 0 Å². The molecule has 0 bridgehead atoms. The summed E-state index contributed by atoms with van der Waals surface area (Å²) in [5.41, 5.74) is 30.5. The summed E-state index contributed by atoms with van der Waals surface area (Å²) in [6.07, 6.45) is 0.0771. The van der Waals surface area contributed by atoms with Gasteiger partial charge in [-0.3, -0.25) is 57.9 Å². The molecule has 0 aromatic heterocycles. The minimum Gasteiger partial charge on any atom is -0.508 e. The summed E-state index contributed by atoms with van der Waals surface area (Å²) in [6.45, 7) is 5.14. The molecule has 5 rings (SSSR count). The SMILES string of the molecule is CC(=O)N[C@@H](Cc1ccc(O)cc1)C(=O)N[C@@H](Cc1ccccc1)C(=O)N[C@@H](CC(C)C)C(=O)N[C@@H](Cc1ccccc1)C(=O)N[C@@H](CCCN=C(N)N)C(=O)N1CCC[C@H]1C(=O)N[C@@H](CCCN=C(N)N)C(=O)N[C@@H](CC(N)=O)C(=O)NCc1ccccc1. The fraction of sp³-hybridized carbons (Fsp3) is 0.429. The van der Waals surface area contributed by atoms with E-state index in [1.165, 1.54) is 24.0 Å². The van der Waals surface area contributed by atoms with Crippen molar-refractivity contribution >= 4 is 71.0 Å². The molecule has 27 nitrogen and oxygen atoms in total. The van der Waals surface area contributed by atoms with Crippen LogP contribution in [0.15, 0.2) is 125 Å². The number of carbonyl (C=O) groups excluding carboxylic acids is 10. The summed E-state index contributed by atoms with van der Waals surface area (Å²) in [5.74, 6) is -8.01. The third kappa shape index (κ3) is 24.6. The zero-order valence-electron chi connectivity index (χ0n) is 51.0. The summed E-state index contributed by atoms with van der Waals surface area (Å²) in [5, 5.41) is 31.7. The quantitative estimate of drug-likeness (QED) is 0.0152. The van der Waals surface area contributed by atoms with E-state index >= 15 is 0 Å². The Bertz CT molecular complexity index is 3110. The number of likely N-dealkylation sites (tertiary alicyclic amines) is 1. The minimum atomic E-state index is -1.43. The van der Waals surface area contributed by atoms with Crippen molar-refractivity contribution in [1.82, 2.24) is 47.4 Å². The van der Waals surface area contributed by atoms with Crippen LogP contribution in [0.4, 0.5) is 0 Å². The maximum absolute atomic E-state index is 15.0. The Hall–Kier alpha value is -10.1. The van der Waals surface area contributed by atoms with Crippen molar-refractivity contribution in [3.63, 3.8) is 0 Å². The van der Waals surface area contributed by atoms with Crippen molar-refractivity contribution in [2.45, 2.75) is 146 Å². The number of guanidine groups is 2. The van der Waals surface area contributed by atoms with Crippen LogP contribution < -0.4 is 71.2 Å². The standard InChI is InChI=1S/C63H86N16O11/c1-38(2)32-47(75-59(88)50(34-41-18-9-5-10-19-41)77-57(86)48(72-39(3)80)35-42-25-27-44(81)28-26-42)56(85)76-49(33-40-16-7-4-8-17-40)58(87)74-46(23-14-30-70-63(67)68)61(90)79-31-15-24-52(79)60(89)73-45(22-13-29-69-62(65)66)55(84)78-51(36-53(64)82)54(83)71-37-43-20-11-6-12-21-43/h4-12,16-21,25-28,38,45-52,81H,13-15,22-24,29-37H2,1-3H3,(H2,64,82)(H,71,83)(H,72,80)(H,73,89)(H,74,87)(H,75,88)(H,76,85)(H,77,86)(H,78,84)(H4,65,66,69)(H4,67,68,70)/t45-,46-,47-,48-,49-,50-,51-,52-/m0/s1. The van der Waals surface area contributed by atoms with Gasteiger partial charge < -0.3 is 81.2 Å². The Kier molecular flexibility index (Phi) is 28.5. The van der Waals surface area contributed by atoms with Gasteiger partial charge in [0.15, 0.2) is 11.9 Å². The van der Waals surface area contributed by atoms with Gasteiger partial charge in [0.05, 0.1) is 6.42 Å². The highest BCUT2D eigenvalue weighted by Crippen LogP contribution is 2.22. The van der Waals surface area contributed by atoms with E-state index in [-0.39, 0.29) is 108 Å². The maximum Gasteiger partial charge on any atom is 0.245 e. The van der Waals surface area contributed by atoms with Gasteiger partial charge in [0.1, 0.15) is 54.1 Å². The van der Waals surface area contributed by atoms with Crippen LogP contribution in [0.5, 0.6) is 5.75 Å². The molecule has 1 aliphatic rings. The largest absolute Gasteiger partial charge is 0.508 e. The van der Waals surface area contributed by atoms with Crippen LogP contribution in [-0.4, -0.2) is 149 Å². The summed E-state index contributed by atoms with van der Waals surface area (Å²) in [4.78, 5) is 149. The Labute approximate surface area is 523 Å². The van der Waals surface area contributed by atoms with E-state index in [0.717, 1.165) is 5.56 Å². The molecule has 0 spiro atoms. The van der Waals surface area contributed by atoms with Crippen molar-refractivity contribution in [2.24, 2.45) is 44.6 Å². The van der Waals surface area contributed by atoms with E-state index in [4.69, 9.17) is 28.7 Å². The van der Waals surface area contributed by atoms with Crippen LogP contribution in [0.3, 0.4) is 0 Å². The van der Waals surface area contributed by atoms with Crippen molar-refractivity contribution < 1.29 is 53.1 Å². The second-order valence-corrected chi connectivity index (χ2v) is 22.5. The lowest BCUT2D eigenvalue weighted by Crippen LogP contribution is -2.61. The highest BCUT2D eigenvalue weighted by molar-refractivity contribution is 5.99. The molecule has 1 fully saturated rings. The number of amides is 10. The van der Waals surface area contributed by atoms with Gasteiger partial charge in [-0.25, -0.2) is 0 Å². The second kappa shape index (κ2) is 36.3. The lowest BCUT2D eigenvalue weighted by Gasteiger charge is -2.31. The van der Waals surface area contributed by atoms with Crippen molar-refractivity contribution in [3.8, 4) is 5.75 Å². The average Bonchev–Trinajstić information content (AvgIpc) is 1.87. The topological polar surface area (TPSA) is 445 Å². The molecule has 0 saturated carbocycles. The number of phenolic OH excluding ortho intramolecular Hbond substituents is 1. The molecular formula is C63H86N16O11. The second-order valence-electron chi connectivity index (χ2n) is 22.5. The maximum atomic E-state index is 15.0. The molecular weight excluding hydrogens is 1160 g/mol. The molecule has 1 saturated heterocycles. The molecule has 10 amide bonds. The molecule has 19 N–H and O–H groups in total. The number of benzene rings is 4. The Balaban J connectivity index is 1.40. The highest BCUT2D eigenvalue weighted by Gasteiger charge is 2.40.